The second-order valence-electron chi connectivity index (χ2n) is 4.78. The lowest BCUT2D eigenvalue weighted by Gasteiger charge is -2.35. The molecule has 7 nitrogen and oxygen atoms in total. The van der Waals surface area contributed by atoms with Crippen LogP contribution in [0.2, 0.25) is 0 Å². The molecule has 1 atom stereocenters. The predicted molar refractivity (Wildman–Crippen MR) is 73.5 cm³/mol. The van der Waals surface area contributed by atoms with Gasteiger partial charge in [0.2, 0.25) is 0 Å². The van der Waals surface area contributed by atoms with Crippen molar-refractivity contribution in [3.8, 4) is 0 Å². The molecule has 1 N–H and O–H groups in total. The van der Waals surface area contributed by atoms with Gasteiger partial charge in [-0.05, 0) is 6.42 Å². The summed E-state index contributed by atoms with van der Waals surface area (Å²) in [4.78, 5) is 20.9. The number of aryl methyl sites for hydroxylation is 1. The molecule has 1 aromatic rings. The minimum Gasteiger partial charge on any atom is -0.481 e. The van der Waals surface area contributed by atoms with Crippen LogP contribution in [0.1, 0.15) is 19.0 Å². The fraction of sp³-hybridized carbons (Fsp3) is 0.583. The van der Waals surface area contributed by atoms with Crippen LogP contribution in [0.4, 0.5) is 5.82 Å². The van der Waals surface area contributed by atoms with Crippen molar-refractivity contribution in [2.75, 3.05) is 23.0 Å². The first kappa shape index (κ1) is 14.7. The molecule has 1 aliphatic rings. The lowest BCUT2D eigenvalue weighted by atomic mass is 10.2. The third kappa shape index (κ3) is 3.44. The largest absolute Gasteiger partial charge is 0.481 e. The molecule has 0 aromatic carbocycles. The number of aromatic nitrogens is 2. The fourth-order valence-electron chi connectivity index (χ4n) is 2.29. The maximum Gasteiger partial charge on any atom is 0.305 e. The van der Waals surface area contributed by atoms with E-state index in [1.54, 1.807) is 11.0 Å². The quantitative estimate of drug-likeness (QED) is 0.842. The van der Waals surface area contributed by atoms with Crippen LogP contribution in [0.15, 0.2) is 12.4 Å². The van der Waals surface area contributed by atoms with Crippen LogP contribution in [0, 0.1) is 0 Å². The van der Waals surface area contributed by atoms with Gasteiger partial charge < -0.3 is 10.0 Å². The Kier molecular flexibility index (Phi) is 4.22. The summed E-state index contributed by atoms with van der Waals surface area (Å²) in [5, 5.41) is 8.95. The molecule has 2 rings (SSSR count). The van der Waals surface area contributed by atoms with E-state index in [-0.39, 0.29) is 24.5 Å². The number of hydrogen-bond acceptors (Lipinski definition) is 6. The van der Waals surface area contributed by atoms with Crippen LogP contribution in [-0.4, -0.2) is 53.6 Å². The van der Waals surface area contributed by atoms with Gasteiger partial charge in [-0.2, -0.15) is 0 Å². The number of rotatable bonds is 4. The molecule has 1 unspecified atom stereocenters. The van der Waals surface area contributed by atoms with Gasteiger partial charge in [0.25, 0.3) is 0 Å². The van der Waals surface area contributed by atoms with E-state index in [2.05, 4.69) is 9.97 Å². The number of carboxylic acid groups (broad SMARTS) is 1. The average molecular weight is 299 g/mol. The summed E-state index contributed by atoms with van der Waals surface area (Å²) in [5.41, 5.74) is 0.845. The molecule has 2 heterocycles. The summed E-state index contributed by atoms with van der Waals surface area (Å²) < 4.78 is 23.4. The first-order valence-electron chi connectivity index (χ1n) is 6.41. The smallest absolute Gasteiger partial charge is 0.305 e. The van der Waals surface area contributed by atoms with Gasteiger partial charge in [-0.3, -0.25) is 4.79 Å². The molecular formula is C12H17N3O4S. The van der Waals surface area contributed by atoms with Crippen LogP contribution in [0.25, 0.3) is 0 Å². The Bertz CT molecular complexity index is 602. The van der Waals surface area contributed by atoms with Gasteiger partial charge in [0.15, 0.2) is 9.84 Å². The van der Waals surface area contributed by atoms with E-state index in [9.17, 15) is 13.2 Å². The molecule has 0 radical (unpaired) electrons. The lowest BCUT2D eigenvalue weighted by Crippen LogP contribution is -2.50. The highest BCUT2D eigenvalue weighted by molar-refractivity contribution is 7.91. The van der Waals surface area contributed by atoms with Crippen LogP contribution in [0.3, 0.4) is 0 Å². The Labute approximate surface area is 117 Å². The summed E-state index contributed by atoms with van der Waals surface area (Å²) in [5.74, 6) is -0.542. The summed E-state index contributed by atoms with van der Waals surface area (Å²) in [6.07, 6.45) is 1.95. The molecular weight excluding hydrogens is 282 g/mol. The predicted octanol–water partition coefficient (Wildman–Crippen LogP) is 0.117. The number of aliphatic carboxylic acids is 1. The molecule has 0 spiro atoms. The zero-order valence-corrected chi connectivity index (χ0v) is 12.0. The van der Waals surface area contributed by atoms with Crippen molar-refractivity contribution in [1.29, 1.82) is 0 Å². The summed E-state index contributed by atoms with van der Waals surface area (Å²) in [7, 11) is -3.18. The molecule has 1 aromatic heterocycles. The van der Waals surface area contributed by atoms with Gasteiger partial charge in [-0.25, -0.2) is 18.4 Å². The van der Waals surface area contributed by atoms with Gasteiger partial charge in [0.1, 0.15) is 12.1 Å². The van der Waals surface area contributed by atoms with Crippen molar-refractivity contribution in [2.24, 2.45) is 0 Å². The van der Waals surface area contributed by atoms with E-state index in [4.69, 9.17) is 5.11 Å². The van der Waals surface area contributed by atoms with E-state index in [1.165, 1.54) is 6.33 Å². The van der Waals surface area contributed by atoms with Crippen molar-refractivity contribution in [1.82, 2.24) is 9.97 Å². The molecule has 1 fully saturated rings. The van der Waals surface area contributed by atoms with Crippen molar-refractivity contribution in [2.45, 2.75) is 25.8 Å². The molecule has 8 heteroatoms. The topological polar surface area (TPSA) is 100 Å². The minimum absolute atomic E-state index is 0.0224. The second-order valence-corrected chi connectivity index (χ2v) is 7.01. The number of carboxylic acids is 1. The van der Waals surface area contributed by atoms with Gasteiger partial charge >= 0.3 is 5.97 Å². The Morgan fingerprint density at radius 1 is 1.50 bits per heavy atom. The van der Waals surface area contributed by atoms with Crippen molar-refractivity contribution in [3.05, 3.63) is 18.1 Å². The fourth-order valence-corrected chi connectivity index (χ4v) is 3.82. The SMILES string of the molecule is CCc1cc(N2CCS(=O)(=O)CC2CC(=O)O)ncn1. The molecule has 0 saturated carbocycles. The molecule has 1 saturated heterocycles. The maximum atomic E-state index is 11.7. The average Bonchev–Trinajstić information content (AvgIpc) is 2.37. The van der Waals surface area contributed by atoms with Crippen molar-refractivity contribution < 1.29 is 18.3 Å². The Balaban J connectivity index is 2.29. The van der Waals surface area contributed by atoms with Crippen LogP contribution < -0.4 is 4.90 Å². The minimum atomic E-state index is -3.18. The number of carbonyl (C=O) groups is 1. The van der Waals surface area contributed by atoms with Gasteiger partial charge in [-0.1, -0.05) is 6.92 Å². The Hall–Kier alpha value is -1.70. The maximum absolute atomic E-state index is 11.7. The third-order valence-electron chi connectivity index (χ3n) is 3.31. The number of hydrogen-bond donors (Lipinski definition) is 1. The first-order chi connectivity index (χ1) is 9.41. The highest BCUT2D eigenvalue weighted by Gasteiger charge is 2.33. The van der Waals surface area contributed by atoms with E-state index >= 15 is 0 Å². The Morgan fingerprint density at radius 2 is 2.25 bits per heavy atom. The van der Waals surface area contributed by atoms with E-state index in [0.717, 1.165) is 12.1 Å². The zero-order chi connectivity index (χ0) is 14.8. The number of anilines is 1. The van der Waals surface area contributed by atoms with Gasteiger partial charge in [-0.15, -0.1) is 0 Å². The monoisotopic (exact) mass is 299 g/mol. The molecule has 1 aliphatic heterocycles. The van der Waals surface area contributed by atoms with E-state index in [1.807, 2.05) is 6.92 Å². The van der Waals surface area contributed by atoms with Crippen LogP contribution in [0.5, 0.6) is 0 Å². The van der Waals surface area contributed by atoms with E-state index < -0.39 is 21.8 Å². The number of nitrogens with zero attached hydrogens (tertiary/aromatic N) is 3. The number of sulfone groups is 1. The summed E-state index contributed by atoms with van der Waals surface area (Å²) in [6, 6.07) is 1.21. The van der Waals surface area contributed by atoms with Crippen molar-refractivity contribution in [3.63, 3.8) is 0 Å². The molecule has 20 heavy (non-hydrogen) atoms. The van der Waals surface area contributed by atoms with Gasteiger partial charge in [0, 0.05) is 18.3 Å². The zero-order valence-electron chi connectivity index (χ0n) is 11.2. The first-order valence-corrected chi connectivity index (χ1v) is 8.23. The van der Waals surface area contributed by atoms with Gasteiger partial charge in [0.05, 0.1) is 24.0 Å². The summed E-state index contributed by atoms with van der Waals surface area (Å²) in [6.45, 7) is 2.22. The molecule has 0 aliphatic carbocycles. The van der Waals surface area contributed by atoms with Crippen LogP contribution >= 0.6 is 0 Å². The molecule has 0 amide bonds. The normalized spacial score (nSPS) is 21.6. The molecule has 110 valence electrons. The third-order valence-corrected chi connectivity index (χ3v) is 5.00. The Morgan fingerprint density at radius 3 is 2.90 bits per heavy atom. The highest BCUT2D eigenvalue weighted by atomic mass is 32.2. The van der Waals surface area contributed by atoms with E-state index in [0.29, 0.717) is 5.82 Å². The second kappa shape index (κ2) is 5.74. The highest BCUT2D eigenvalue weighted by Crippen LogP contribution is 2.22. The molecule has 0 bridgehead atoms. The van der Waals surface area contributed by atoms with Crippen molar-refractivity contribution >= 4 is 21.6 Å². The summed E-state index contributed by atoms with van der Waals surface area (Å²) >= 11 is 0. The van der Waals surface area contributed by atoms with Crippen LogP contribution in [-0.2, 0) is 21.1 Å². The standard InChI is InChI=1S/C12H17N3O4S/c1-2-9-5-11(14-8-13-9)15-3-4-20(18,19)7-10(15)6-12(16)17/h5,8,10H,2-4,6-7H2,1H3,(H,16,17). The lowest BCUT2D eigenvalue weighted by molar-refractivity contribution is -0.137.